The Morgan fingerprint density at radius 3 is 2.15 bits per heavy atom. The molecule has 3 aromatic carbocycles. The van der Waals surface area contributed by atoms with Crippen molar-refractivity contribution in [2.45, 2.75) is 12.4 Å². The average Bonchev–Trinajstić information content (AvgIpc) is 3.26. The molecule has 41 heavy (non-hydrogen) atoms. The van der Waals surface area contributed by atoms with Crippen molar-refractivity contribution in [1.29, 1.82) is 0 Å². The molecule has 0 atom stereocenters. The van der Waals surface area contributed by atoms with Gasteiger partial charge in [-0.2, -0.15) is 50.6 Å². The van der Waals surface area contributed by atoms with Gasteiger partial charge in [0.1, 0.15) is 11.4 Å². The van der Waals surface area contributed by atoms with E-state index in [0.717, 1.165) is 16.3 Å². The number of hydrogen-bond donors (Lipinski definition) is 0. The normalized spacial score (nSPS) is 12.0. The molecular formula is C30H15F6N3OPt. The molecule has 0 amide bonds. The molecule has 6 aromatic rings. The Morgan fingerprint density at radius 1 is 0.659 bits per heavy atom. The summed E-state index contributed by atoms with van der Waals surface area (Å²) in [5, 5.41) is 1.88. The molecule has 0 saturated heterocycles. The van der Waals surface area contributed by atoms with Crippen LogP contribution in [0.4, 0.5) is 26.3 Å². The van der Waals surface area contributed by atoms with Crippen molar-refractivity contribution in [3.8, 4) is 28.6 Å². The van der Waals surface area contributed by atoms with Crippen LogP contribution in [0.15, 0.2) is 91.3 Å². The maximum absolute atomic E-state index is 13.7. The summed E-state index contributed by atoms with van der Waals surface area (Å²) in [5.74, 6) is -0.794. The average molecular weight is 743 g/mol. The van der Waals surface area contributed by atoms with Crippen LogP contribution in [0.25, 0.3) is 38.8 Å². The van der Waals surface area contributed by atoms with Gasteiger partial charge in [0, 0.05) is 23.7 Å². The van der Waals surface area contributed by atoms with Crippen molar-refractivity contribution in [1.82, 2.24) is 14.5 Å². The number of halogens is 6. The predicted octanol–water partition coefficient (Wildman–Crippen LogP) is 8.67. The van der Waals surface area contributed by atoms with E-state index in [4.69, 9.17) is 4.74 Å². The molecule has 0 unspecified atom stereocenters. The zero-order valence-electron chi connectivity index (χ0n) is 20.5. The van der Waals surface area contributed by atoms with E-state index in [-0.39, 0.29) is 32.9 Å². The minimum atomic E-state index is -5.36. The third kappa shape index (κ3) is 5.32. The summed E-state index contributed by atoms with van der Waals surface area (Å²) < 4.78 is 88.2. The third-order valence-electron chi connectivity index (χ3n) is 6.23. The van der Waals surface area contributed by atoms with Crippen LogP contribution >= 0.6 is 0 Å². The number of hydrogen-bond acceptors (Lipinski definition) is 3. The summed E-state index contributed by atoms with van der Waals surface area (Å²) in [6, 6.07) is 27.8. The standard InChI is InChI=1S/C30H15F6N3O.Pt/c31-29(32,33)23-13-15-38-28(27(23)30(34,35)36)40-20-7-5-6-18(16-20)19-11-12-22-21-8-1-2-9-24(21)39(25(22)17-19)26-10-3-4-14-37-26;/h1-15H;/q-2;+2. The molecule has 0 N–H and O–H groups in total. The maximum atomic E-state index is 13.7. The number of benzene rings is 3. The minimum absolute atomic E-state index is 0. The Morgan fingerprint density at radius 2 is 1.41 bits per heavy atom. The summed E-state index contributed by atoms with van der Waals surface area (Å²) in [6.07, 6.45) is -8.32. The van der Waals surface area contributed by atoms with E-state index in [1.54, 1.807) is 24.4 Å². The fourth-order valence-corrected chi connectivity index (χ4v) is 4.57. The van der Waals surface area contributed by atoms with Crippen LogP contribution in [0.1, 0.15) is 11.1 Å². The van der Waals surface area contributed by atoms with Gasteiger partial charge in [-0.15, -0.1) is 18.2 Å². The predicted molar refractivity (Wildman–Crippen MR) is 136 cm³/mol. The largest absolute Gasteiger partial charge is 2.00 e. The maximum Gasteiger partial charge on any atom is 2.00 e. The first kappa shape index (κ1) is 28.4. The number of alkyl halides is 6. The van der Waals surface area contributed by atoms with Crippen molar-refractivity contribution < 1.29 is 52.1 Å². The Hall–Kier alpha value is -4.17. The molecule has 0 bridgehead atoms. The number of aromatic nitrogens is 3. The summed E-state index contributed by atoms with van der Waals surface area (Å²) in [6.45, 7) is 0. The van der Waals surface area contributed by atoms with Crippen molar-refractivity contribution in [3.05, 3.63) is 115 Å². The molecule has 0 spiro atoms. The zero-order valence-corrected chi connectivity index (χ0v) is 22.8. The number of nitrogens with zero attached hydrogens (tertiary/aromatic N) is 3. The number of fused-ring (bicyclic) bond motifs is 3. The van der Waals surface area contributed by atoms with Gasteiger partial charge in [-0.1, -0.05) is 29.7 Å². The quantitative estimate of drug-likeness (QED) is 0.134. The fraction of sp³-hybridized carbons (Fsp3) is 0.0667. The number of rotatable bonds is 4. The van der Waals surface area contributed by atoms with Gasteiger partial charge in [0.15, 0.2) is 0 Å². The van der Waals surface area contributed by atoms with Gasteiger partial charge >= 0.3 is 33.4 Å². The molecule has 0 saturated carbocycles. The van der Waals surface area contributed by atoms with Gasteiger partial charge in [0.05, 0.1) is 5.56 Å². The second-order valence-electron chi connectivity index (χ2n) is 8.74. The first-order valence-electron chi connectivity index (χ1n) is 11.8. The molecule has 11 heteroatoms. The molecule has 0 fully saturated rings. The molecule has 3 aromatic heterocycles. The smallest absolute Gasteiger partial charge is 0.459 e. The number of ether oxygens (including phenoxy) is 1. The second kappa shape index (κ2) is 10.7. The van der Waals surface area contributed by atoms with Crippen LogP contribution < -0.4 is 4.74 Å². The first-order chi connectivity index (χ1) is 19.1. The van der Waals surface area contributed by atoms with Crippen LogP contribution in [0.2, 0.25) is 0 Å². The van der Waals surface area contributed by atoms with Gasteiger partial charge < -0.3 is 9.30 Å². The monoisotopic (exact) mass is 742 g/mol. The van der Waals surface area contributed by atoms with Gasteiger partial charge in [0.2, 0.25) is 5.88 Å². The molecule has 208 valence electrons. The molecule has 3 heterocycles. The molecule has 0 radical (unpaired) electrons. The third-order valence-corrected chi connectivity index (χ3v) is 6.23. The van der Waals surface area contributed by atoms with Crippen molar-refractivity contribution in [3.63, 3.8) is 0 Å². The van der Waals surface area contributed by atoms with E-state index < -0.39 is 29.4 Å². The molecule has 0 aliphatic rings. The van der Waals surface area contributed by atoms with Crippen LogP contribution in [0, 0.1) is 12.1 Å². The summed E-state index contributed by atoms with van der Waals surface area (Å²) in [4.78, 5) is 7.92. The van der Waals surface area contributed by atoms with E-state index in [1.807, 2.05) is 47.0 Å². The topological polar surface area (TPSA) is 39.9 Å². The van der Waals surface area contributed by atoms with Gasteiger partial charge in [-0.05, 0) is 35.2 Å². The first-order valence-corrected chi connectivity index (χ1v) is 11.8. The van der Waals surface area contributed by atoms with E-state index in [1.165, 1.54) is 12.1 Å². The van der Waals surface area contributed by atoms with Gasteiger partial charge in [-0.25, -0.2) is 21.1 Å². The molecular weight excluding hydrogens is 727 g/mol. The molecule has 4 nitrogen and oxygen atoms in total. The summed E-state index contributed by atoms with van der Waals surface area (Å²) in [5.41, 5.74) is -1.35. The zero-order chi connectivity index (χ0) is 28.1. The van der Waals surface area contributed by atoms with E-state index in [2.05, 4.69) is 22.1 Å². The van der Waals surface area contributed by atoms with Crippen LogP contribution in [-0.2, 0) is 33.4 Å². The summed E-state index contributed by atoms with van der Waals surface area (Å²) >= 11 is 0. The Kier molecular flexibility index (Phi) is 7.38. The molecule has 6 rings (SSSR count). The fourth-order valence-electron chi connectivity index (χ4n) is 4.57. The van der Waals surface area contributed by atoms with Gasteiger partial charge in [-0.3, -0.25) is 0 Å². The van der Waals surface area contributed by atoms with E-state index >= 15 is 0 Å². The molecule has 0 aliphatic heterocycles. The van der Waals surface area contributed by atoms with E-state index in [9.17, 15) is 26.3 Å². The second-order valence-corrected chi connectivity index (χ2v) is 8.74. The van der Waals surface area contributed by atoms with Crippen molar-refractivity contribution in [2.75, 3.05) is 0 Å². The molecule has 0 aliphatic carbocycles. The number of pyridine rings is 2. The Labute approximate surface area is 243 Å². The summed E-state index contributed by atoms with van der Waals surface area (Å²) in [7, 11) is 0. The number of para-hydroxylation sites is 1. The Balaban J connectivity index is 0.00000337. The Bertz CT molecular complexity index is 1870. The minimum Gasteiger partial charge on any atom is -0.459 e. The SMILES string of the molecule is FC(F)(F)c1ccnc(Oc2[c-]c(-c3[c-]c4c(cc3)c3ccccc3n4-c3ccccn3)ccc2)c1C(F)(F)F.[Pt+2]. The van der Waals surface area contributed by atoms with Crippen LogP contribution in [-0.4, -0.2) is 14.5 Å². The van der Waals surface area contributed by atoms with E-state index in [0.29, 0.717) is 28.7 Å². The van der Waals surface area contributed by atoms with Crippen LogP contribution in [0.5, 0.6) is 11.6 Å². The van der Waals surface area contributed by atoms with Crippen LogP contribution in [0.3, 0.4) is 0 Å². The van der Waals surface area contributed by atoms with Crippen molar-refractivity contribution >= 4 is 21.8 Å². The van der Waals surface area contributed by atoms with Crippen molar-refractivity contribution in [2.24, 2.45) is 0 Å². The van der Waals surface area contributed by atoms with Gasteiger partial charge in [0.25, 0.3) is 0 Å².